The van der Waals surface area contributed by atoms with Crippen LogP contribution in [0.1, 0.15) is 20.7 Å². The van der Waals surface area contributed by atoms with Gasteiger partial charge in [0.2, 0.25) is 5.75 Å². The first-order valence-corrected chi connectivity index (χ1v) is 8.48. The van der Waals surface area contributed by atoms with Gasteiger partial charge in [-0.2, -0.15) is 0 Å². The van der Waals surface area contributed by atoms with Gasteiger partial charge in [-0.15, -0.1) is 0 Å². The highest BCUT2D eigenvalue weighted by atomic mass is 79.9. The van der Waals surface area contributed by atoms with Crippen molar-refractivity contribution in [1.82, 2.24) is 10.9 Å². The lowest BCUT2D eigenvalue weighted by atomic mass is 10.1. The molecule has 0 unspecified atom stereocenters. The number of benzene rings is 2. The molecule has 0 atom stereocenters. The Morgan fingerprint density at radius 1 is 0.741 bits per heavy atom. The van der Waals surface area contributed by atoms with Gasteiger partial charge in [0.25, 0.3) is 11.8 Å². The molecular weight excluding hydrogens is 420 g/mol. The third-order valence-electron chi connectivity index (χ3n) is 3.63. The van der Waals surface area contributed by atoms with Crippen LogP contribution in [0, 0.1) is 0 Å². The maximum Gasteiger partial charge on any atom is 0.269 e. The van der Waals surface area contributed by atoms with E-state index in [0.29, 0.717) is 33.0 Å². The minimum absolute atomic E-state index is 0.223. The maximum absolute atomic E-state index is 12.4. The number of ether oxygens (including phenoxy) is 4. The van der Waals surface area contributed by atoms with E-state index in [1.54, 1.807) is 18.2 Å². The molecule has 0 radical (unpaired) electrons. The average molecular weight is 439 g/mol. The molecule has 0 saturated carbocycles. The van der Waals surface area contributed by atoms with Crippen LogP contribution in [0.5, 0.6) is 23.0 Å². The number of hydrogen-bond donors (Lipinski definition) is 2. The van der Waals surface area contributed by atoms with E-state index in [2.05, 4.69) is 26.8 Å². The molecule has 0 aliphatic carbocycles. The Labute approximate surface area is 164 Å². The molecule has 2 rings (SSSR count). The minimum atomic E-state index is -0.546. The summed E-state index contributed by atoms with van der Waals surface area (Å²) in [6, 6.07) is 7.75. The van der Waals surface area contributed by atoms with Gasteiger partial charge in [0.1, 0.15) is 5.75 Å². The highest BCUT2D eigenvalue weighted by molar-refractivity contribution is 9.10. The molecule has 27 heavy (non-hydrogen) atoms. The van der Waals surface area contributed by atoms with Crippen LogP contribution in [0.3, 0.4) is 0 Å². The molecule has 8 nitrogen and oxygen atoms in total. The molecule has 2 amide bonds. The van der Waals surface area contributed by atoms with Crippen molar-refractivity contribution in [2.45, 2.75) is 0 Å². The van der Waals surface area contributed by atoms with Crippen molar-refractivity contribution in [1.29, 1.82) is 0 Å². The van der Waals surface area contributed by atoms with E-state index in [1.807, 2.05) is 0 Å². The van der Waals surface area contributed by atoms with Crippen LogP contribution in [0.4, 0.5) is 0 Å². The van der Waals surface area contributed by atoms with E-state index in [4.69, 9.17) is 18.9 Å². The van der Waals surface area contributed by atoms with Crippen molar-refractivity contribution in [3.8, 4) is 23.0 Å². The van der Waals surface area contributed by atoms with Gasteiger partial charge in [0, 0.05) is 11.1 Å². The predicted octanol–water partition coefficient (Wildman–Crippen LogP) is 2.56. The Bertz CT molecular complexity index is 831. The van der Waals surface area contributed by atoms with Gasteiger partial charge in [-0.1, -0.05) is 0 Å². The van der Waals surface area contributed by atoms with Crippen molar-refractivity contribution in [3.63, 3.8) is 0 Å². The normalized spacial score (nSPS) is 9.96. The van der Waals surface area contributed by atoms with Crippen LogP contribution >= 0.6 is 15.9 Å². The van der Waals surface area contributed by atoms with Crippen LogP contribution in [-0.2, 0) is 0 Å². The Morgan fingerprint density at radius 3 is 1.70 bits per heavy atom. The van der Waals surface area contributed by atoms with Crippen molar-refractivity contribution in [3.05, 3.63) is 45.9 Å². The number of carbonyl (C=O) groups excluding carboxylic acids is 2. The smallest absolute Gasteiger partial charge is 0.269 e. The average Bonchev–Trinajstić information content (AvgIpc) is 2.70. The van der Waals surface area contributed by atoms with E-state index < -0.39 is 11.8 Å². The molecule has 0 bridgehead atoms. The molecule has 0 spiro atoms. The summed E-state index contributed by atoms with van der Waals surface area (Å²) in [4.78, 5) is 24.6. The van der Waals surface area contributed by atoms with Crippen LogP contribution in [0.15, 0.2) is 34.8 Å². The number of hydrogen-bond acceptors (Lipinski definition) is 6. The zero-order chi connectivity index (χ0) is 20.0. The van der Waals surface area contributed by atoms with Gasteiger partial charge >= 0.3 is 0 Å². The van der Waals surface area contributed by atoms with E-state index in [1.165, 1.54) is 40.6 Å². The highest BCUT2D eigenvalue weighted by Gasteiger charge is 2.17. The molecule has 2 aromatic rings. The molecule has 0 heterocycles. The number of carbonyl (C=O) groups is 2. The molecule has 2 aromatic carbocycles. The first-order valence-electron chi connectivity index (χ1n) is 7.69. The molecule has 9 heteroatoms. The largest absolute Gasteiger partial charge is 0.496 e. The number of hydrazine groups is 1. The van der Waals surface area contributed by atoms with E-state index in [0.717, 1.165) is 0 Å². The first kappa shape index (κ1) is 20.4. The Balaban J connectivity index is 2.13. The Hall–Kier alpha value is -2.94. The lowest BCUT2D eigenvalue weighted by Crippen LogP contribution is -2.41. The Kier molecular flexibility index (Phi) is 6.89. The molecular formula is C18H19BrN2O6. The summed E-state index contributed by atoms with van der Waals surface area (Å²) in [5, 5.41) is 0. The van der Waals surface area contributed by atoms with Crippen LogP contribution in [0.25, 0.3) is 0 Å². The molecule has 2 N–H and O–H groups in total. The molecule has 144 valence electrons. The summed E-state index contributed by atoms with van der Waals surface area (Å²) in [5.41, 5.74) is 5.26. The van der Waals surface area contributed by atoms with Crippen molar-refractivity contribution in [2.75, 3.05) is 28.4 Å². The second-order valence-corrected chi connectivity index (χ2v) is 6.03. The third-order valence-corrected chi connectivity index (χ3v) is 4.25. The summed E-state index contributed by atoms with van der Waals surface area (Å²) in [6.07, 6.45) is 0. The summed E-state index contributed by atoms with van der Waals surface area (Å²) >= 11 is 3.31. The van der Waals surface area contributed by atoms with E-state index >= 15 is 0 Å². The predicted molar refractivity (Wildman–Crippen MR) is 102 cm³/mol. The lowest BCUT2D eigenvalue weighted by Gasteiger charge is -2.14. The standard InChI is InChI=1S/C18H19BrN2O6/c1-24-13-6-5-10(7-12(13)19)17(22)20-21-18(23)11-8-14(25-2)16(27-4)15(9-11)26-3/h5-9H,1-4H3,(H,20,22)(H,21,23). The molecule has 0 aliphatic rings. The minimum Gasteiger partial charge on any atom is -0.496 e. The number of amides is 2. The zero-order valence-corrected chi connectivity index (χ0v) is 16.8. The maximum atomic E-state index is 12.4. The molecule has 0 aromatic heterocycles. The quantitative estimate of drug-likeness (QED) is 0.672. The van der Waals surface area contributed by atoms with E-state index in [-0.39, 0.29) is 5.56 Å². The SMILES string of the molecule is COc1ccc(C(=O)NNC(=O)c2cc(OC)c(OC)c(OC)c2)cc1Br. The van der Waals surface area contributed by atoms with Crippen LogP contribution in [-0.4, -0.2) is 40.3 Å². The van der Waals surface area contributed by atoms with Crippen LogP contribution < -0.4 is 29.8 Å². The van der Waals surface area contributed by atoms with E-state index in [9.17, 15) is 9.59 Å². The zero-order valence-electron chi connectivity index (χ0n) is 15.2. The third kappa shape index (κ3) is 4.62. The van der Waals surface area contributed by atoms with Gasteiger partial charge in [0.15, 0.2) is 11.5 Å². The fourth-order valence-corrected chi connectivity index (χ4v) is 2.82. The van der Waals surface area contributed by atoms with Crippen molar-refractivity contribution >= 4 is 27.7 Å². The summed E-state index contributed by atoms with van der Waals surface area (Å²) in [6.45, 7) is 0. The number of nitrogens with one attached hydrogen (secondary N) is 2. The monoisotopic (exact) mass is 438 g/mol. The van der Waals surface area contributed by atoms with Crippen LogP contribution in [0.2, 0.25) is 0 Å². The van der Waals surface area contributed by atoms with Gasteiger partial charge in [-0.05, 0) is 46.3 Å². The summed E-state index contributed by atoms with van der Waals surface area (Å²) in [5.74, 6) is 0.575. The van der Waals surface area contributed by atoms with Gasteiger partial charge in [0.05, 0.1) is 32.9 Å². The molecule has 0 saturated heterocycles. The lowest BCUT2D eigenvalue weighted by molar-refractivity contribution is 0.0846. The Morgan fingerprint density at radius 2 is 1.26 bits per heavy atom. The van der Waals surface area contributed by atoms with Crippen molar-refractivity contribution < 1.29 is 28.5 Å². The number of halogens is 1. The fraction of sp³-hybridized carbons (Fsp3) is 0.222. The molecule has 0 aliphatic heterocycles. The van der Waals surface area contributed by atoms with Gasteiger partial charge in [-0.25, -0.2) is 0 Å². The first-order chi connectivity index (χ1) is 12.9. The fourth-order valence-electron chi connectivity index (χ4n) is 2.28. The highest BCUT2D eigenvalue weighted by Crippen LogP contribution is 2.38. The van der Waals surface area contributed by atoms with Crippen molar-refractivity contribution in [2.24, 2.45) is 0 Å². The second-order valence-electron chi connectivity index (χ2n) is 5.17. The molecule has 0 fully saturated rings. The topological polar surface area (TPSA) is 95.1 Å². The summed E-state index contributed by atoms with van der Waals surface area (Å²) < 4.78 is 21.4. The summed E-state index contributed by atoms with van der Waals surface area (Å²) in [7, 11) is 5.88. The van der Waals surface area contributed by atoms with Gasteiger partial charge < -0.3 is 18.9 Å². The van der Waals surface area contributed by atoms with Gasteiger partial charge in [-0.3, -0.25) is 20.4 Å². The number of methoxy groups -OCH3 is 4. The second kappa shape index (κ2) is 9.13. The number of rotatable bonds is 6.